The van der Waals surface area contributed by atoms with Crippen molar-refractivity contribution in [3.63, 3.8) is 0 Å². The van der Waals surface area contributed by atoms with Crippen LogP contribution in [0.1, 0.15) is 36.2 Å². The number of hydrogen-bond acceptors (Lipinski definition) is 2. The molecule has 0 saturated carbocycles. The summed E-state index contributed by atoms with van der Waals surface area (Å²) < 4.78 is 0. The van der Waals surface area contributed by atoms with Gasteiger partial charge in [-0.15, -0.1) is 0 Å². The van der Waals surface area contributed by atoms with Crippen LogP contribution in [0, 0.1) is 0 Å². The Morgan fingerprint density at radius 1 is 1.17 bits per heavy atom. The highest BCUT2D eigenvalue weighted by molar-refractivity contribution is 5.94. The summed E-state index contributed by atoms with van der Waals surface area (Å²) in [6.07, 6.45) is 7.30. The molecule has 0 radical (unpaired) electrons. The maximum atomic E-state index is 4.35. The molecule has 3 aromatic rings. The lowest BCUT2D eigenvalue weighted by molar-refractivity contribution is 0.195. The van der Waals surface area contributed by atoms with Gasteiger partial charge in [-0.1, -0.05) is 18.2 Å². The first-order valence-electron chi connectivity index (χ1n) is 8.20. The zero-order valence-corrected chi connectivity index (χ0v) is 13.4. The van der Waals surface area contributed by atoms with Gasteiger partial charge in [-0.2, -0.15) is 0 Å². The molecule has 5 rings (SSSR count). The topological polar surface area (TPSA) is 31.9 Å². The monoisotopic (exact) mass is 301 g/mol. The molecule has 1 aromatic carbocycles. The SMILES string of the molecule is CC1(C)c2cnccc2C=C2c3[nH]c4ccccc4c3CCN21. The molecule has 3 nitrogen and oxygen atoms in total. The van der Waals surface area contributed by atoms with Gasteiger partial charge in [0.15, 0.2) is 0 Å². The van der Waals surface area contributed by atoms with Crippen molar-refractivity contribution >= 4 is 22.7 Å². The van der Waals surface area contributed by atoms with Gasteiger partial charge < -0.3 is 9.88 Å². The fourth-order valence-corrected chi connectivity index (χ4v) is 4.22. The highest BCUT2D eigenvalue weighted by Gasteiger charge is 2.39. The third-order valence-corrected chi connectivity index (χ3v) is 5.43. The van der Waals surface area contributed by atoms with Gasteiger partial charge in [0.2, 0.25) is 0 Å². The Morgan fingerprint density at radius 2 is 2.04 bits per heavy atom. The quantitative estimate of drug-likeness (QED) is 0.676. The van der Waals surface area contributed by atoms with Gasteiger partial charge in [-0.25, -0.2) is 0 Å². The minimum absolute atomic E-state index is 0.0390. The summed E-state index contributed by atoms with van der Waals surface area (Å²) in [5.41, 5.74) is 7.84. The van der Waals surface area contributed by atoms with Gasteiger partial charge >= 0.3 is 0 Å². The molecule has 0 bridgehead atoms. The molecule has 23 heavy (non-hydrogen) atoms. The van der Waals surface area contributed by atoms with Crippen LogP contribution >= 0.6 is 0 Å². The number of aromatic amines is 1. The Bertz CT molecular complexity index is 962. The first-order chi connectivity index (χ1) is 11.2. The van der Waals surface area contributed by atoms with E-state index in [0.29, 0.717) is 0 Å². The third kappa shape index (κ3) is 1.62. The van der Waals surface area contributed by atoms with Crippen LogP contribution in [0.3, 0.4) is 0 Å². The van der Waals surface area contributed by atoms with Gasteiger partial charge in [0.05, 0.1) is 16.9 Å². The molecule has 114 valence electrons. The van der Waals surface area contributed by atoms with Crippen LogP contribution < -0.4 is 0 Å². The standard InChI is InChI=1S/C20H19N3/c1-20(2)16-12-21-9-7-13(16)11-18-19-15(8-10-23(18)20)14-5-3-4-6-17(14)22-19/h3-7,9,11-12,22H,8,10H2,1-2H3. The van der Waals surface area contributed by atoms with Crippen LogP contribution in [0.5, 0.6) is 0 Å². The van der Waals surface area contributed by atoms with Gasteiger partial charge in [0, 0.05) is 35.4 Å². The van der Waals surface area contributed by atoms with Gasteiger partial charge in [0.1, 0.15) is 0 Å². The van der Waals surface area contributed by atoms with E-state index in [9.17, 15) is 0 Å². The minimum Gasteiger partial charge on any atom is -0.360 e. The van der Waals surface area contributed by atoms with Crippen LogP contribution in [0.25, 0.3) is 22.7 Å². The highest BCUT2D eigenvalue weighted by Crippen LogP contribution is 2.45. The second kappa shape index (κ2) is 4.25. The molecule has 3 heteroatoms. The molecule has 4 heterocycles. The zero-order valence-electron chi connectivity index (χ0n) is 13.4. The summed E-state index contributed by atoms with van der Waals surface area (Å²) in [6.45, 7) is 5.64. The van der Waals surface area contributed by atoms with Crippen molar-refractivity contribution in [2.75, 3.05) is 6.54 Å². The molecule has 0 spiro atoms. The van der Waals surface area contributed by atoms with E-state index in [1.165, 1.54) is 39.0 Å². The summed E-state index contributed by atoms with van der Waals surface area (Å²) in [4.78, 5) is 10.5. The number of pyridine rings is 1. The molecule has 0 atom stereocenters. The van der Waals surface area contributed by atoms with Gasteiger partial charge in [0.25, 0.3) is 0 Å². The van der Waals surface area contributed by atoms with Crippen molar-refractivity contribution in [1.29, 1.82) is 0 Å². The van der Waals surface area contributed by atoms with E-state index in [0.717, 1.165) is 13.0 Å². The van der Waals surface area contributed by atoms with E-state index >= 15 is 0 Å². The average Bonchev–Trinajstić information content (AvgIpc) is 2.94. The Hall–Kier alpha value is -2.55. The Kier molecular flexibility index (Phi) is 2.39. The molecule has 0 amide bonds. The predicted molar refractivity (Wildman–Crippen MR) is 93.8 cm³/mol. The normalized spacial score (nSPS) is 18.2. The Morgan fingerprint density at radius 3 is 2.96 bits per heavy atom. The molecule has 1 N–H and O–H groups in total. The van der Waals surface area contributed by atoms with Crippen LogP contribution in [-0.2, 0) is 12.0 Å². The molecule has 0 aliphatic carbocycles. The van der Waals surface area contributed by atoms with Crippen molar-refractivity contribution in [3.05, 3.63) is 65.1 Å². The van der Waals surface area contributed by atoms with E-state index in [-0.39, 0.29) is 5.54 Å². The zero-order chi connectivity index (χ0) is 15.6. The molecule has 2 aliphatic rings. The van der Waals surface area contributed by atoms with E-state index in [2.05, 4.69) is 65.1 Å². The number of H-pyrrole nitrogens is 1. The Labute approximate surface area is 135 Å². The number of aromatic nitrogens is 2. The summed E-state index contributed by atoms with van der Waals surface area (Å²) in [5.74, 6) is 0. The summed E-state index contributed by atoms with van der Waals surface area (Å²) in [6, 6.07) is 10.8. The lowest BCUT2D eigenvalue weighted by Crippen LogP contribution is -2.45. The number of nitrogens with zero attached hydrogens (tertiary/aromatic N) is 2. The molecule has 2 aromatic heterocycles. The minimum atomic E-state index is -0.0390. The first-order valence-corrected chi connectivity index (χ1v) is 8.20. The summed E-state index contributed by atoms with van der Waals surface area (Å²) in [5, 5.41) is 1.36. The number of rotatable bonds is 0. The molecule has 0 unspecified atom stereocenters. The van der Waals surface area contributed by atoms with Crippen LogP contribution in [0.15, 0.2) is 42.7 Å². The molecular weight excluding hydrogens is 282 g/mol. The van der Waals surface area contributed by atoms with E-state index < -0.39 is 0 Å². The number of nitrogens with one attached hydrogen (secondary N) is 1. The highest BCUT2D eigenvalue weighted by atomic mass is 15.2. The van der Waals surface area contributed by atoms with Crippen molar-refractivity contribution in [3.8, 4) is 0 Å². The van der Waals surface area contributed by atoms with Gasteiger partial charge in [-0.3, -0.25) is 4.98 Å². The molecule has 0 fully saturated rings. The first kappa shape index (κ1) is 12.9. The lowest BCUT2D eigenvalue weighted by atomic mass is 9.82. The van der Waals surface area contributed by atoms with E-state index in [1.54, 1.807) is 0 Å². The van der Waals surface area contributed by atoms with Crippen LogP contribution in [0.4, 0.5) is 0 Å². The van der Waals surface area contributed by atoms with Gasteiger partial charge in [-0.05, 0) is 49.6 Å². The van der Waals surface area contributed by atoms with Crippen molar-refractivity contribution < 1.29 is 0 Å². The average molecular weight is 301 g/mol. The van der Waals surface area contributed by atoms with E-state index in [4.69, 9.17) is 0 Å². The van der Waals surface area contributed by atoms with Crippen molar-refractivity contribution in [1.82, 2.24) is 14.9 Å². The smallest absolute Gasteiger partial charge is 0.0662 e. The largest absolute Gasteiger partial charge is 0.360 e. The fraction of sp³-hybridized carbons (Fsp3) is 0.250. The Balaban J connectivity index is 1.81. The fourth-order valence-electron chi connectivity index (χ4n) is 4.22. The number of hydrogen-bond donors (Lipinski definition) is 1. The number of fused-ring (bicyclic) bond motifs is 6. The van der Waals surface area contributed by atoms with Crippen LogP contribution in [0.2, 0.25) is 0 Å². The second-order valence-electron chi connectivity index (χ2n) is 6.98. The molecule has 0 saturated heterocycles. The lowest BCUT2D eigenvalue weighted by Gasteiger charge is -2.47. The summed E-state index contributed by atoms with van der Waals surface area (Å²) >= 11 is 0. The van der Waals surface area contributed by atoms with Crippen molar-refractivity contribution in [2.24, 2.45) is 0 Å². The summed E-state index contributed by atoms with van der Waals surface area (Å²) in [7, 11) is 0. The third-order valence-electron chi connectivity index (χ3n) is 5.43. The number of para-hydroxylation sites is 1. The maximum absolute atomic E-state index is 4.35. The molecular formula is C20H19N3. The molecule has 2 aliphatic heterocycles. The predicted octanol–water partition coefficient (Wildman–Crippen LogP) is 4.17. The van der Waals surface area contributed by atoms with Crippen molar-refractivity contribution in [2.45, 2.75) is 25.8 Å². The van der Waals surface area contributed by atoms with Crippen LogP contribution in [-0.4, -0.2) is 21.4 Å². The van der Waals surface area contributed by atoms with E-state index in [1.807, 2.05) is 12.4 Å². The second-order valence-corrected chi connectivity index (χ2v) is 6.98. The number of benzene rings is 1. The maximum Gasteiger partial charge on any atom is 0.0662 e.